The largest absolute Gasteiger partial charge is 0.384 e. The fourth-order valence-corrected chi connectivity index (χ4v) is 2.81. The first-order valence-electron chi connectivity index (χ1n) is 6.67. The normalized spacial score (nSPS) is 21.4. The van der Waals surface area contributed by atoms with Crippen molar-refractivity contribution in [3.8, 4) is 11.3 Å². The molecule has 3 rings (SSSR count). The maximum atomic E-state index is 14.0. The number of nitrogens with two attached hydrogens (primary N) is 1. The number of aromatic nitrogens is 2. The van der Waals surface area contributed by atoms with Gasteiger partial charge in [0.05, 0.1) is 12.2 Å². The average Bonchev–Trinajstić information content (AvgIpc) is 2.81. The molecule has 1 fully saturated rings. The Labute approximate surface area is 129 Å². The van der Waals surface area contributed by atoms with Crippen LogP contribution in [0, 0.1) is 0 Å². The van der Waals surface area contributed by atoms with Crippen molar-refractivity contribution in [2.75, 3.05) is 18.8 Å². The number of piperidine rings is 1. The molecule has 3 N–H and O–H groups in total. The number of nitrogens with zero attached hydrogens (tertiary/aromatic N) is 2. The second-order valence-corrected chi connectivity index (χ2v) is 6.06. The van der Waals surface area contributed by atoms with Crippen molar-refractivity contribution in [1.29, 1.82) is 0 Å². The molecule has 1 unspecified atom stereocenters. The number of anilines is 1. The van der Waals surface area contributed by atoms with Gasteiger partial charge in [0.2, 0.25) is 0 Å². The van der Waals surface area contributed by atoms with Crippen molar-refractivity contribution in [3.63, 3.8) is 0 Å². The van der Waals surface area contributed by atoms with Crippen LogP contribution in [0.3, 0.4) is 0 Å². The summed E-state index contributed by atoms with van der Waals surface area (Å²) >= 11 is 3.36. The monoisotopic (exact) mass is 356 g/mol. The molecule has 1 atom stereocenters. The molecule has 1 aromatic carbocycles. The minimum absolute atomic E-state index is 0.263. The third kappa shape index (κ3) is 2.80. The molecule has 4 nitrogen and oxygen atoms in total. The summed E-state index contributed by atoms with van der Waals surface area (Å²) < 4.78 is 30.2. The topological polar surface area (TPSA) is 55.9 Å². The molecular weight excluding hydrogens is 342 g/mol. The van der Waals surface area contributed by atoms with Crippen molar-refractivity contribution in [2.45, 2.75) is 18.4 Å². The van der Waals surface area contributed by atoms with Gasteiger partial charge in [-0.2, -0.15) is 5.10 Å². The number of benzene rings is 1. The van der Waals surface area contributed by atoms with Crippen LogP contribution in [0.15, 0.2) is 34.8 Å². The van der Waals surface area contributed by atoms with Gasteiger partial charge in [0.15, 0.2) is 0 Å². The molecule has 112 valence electrons. The maximum absolute atomic E-state index is 14.0. The van der Waals surface area contributed by atoms with Crippen LogP contribution < -0.4 is 11.1 Å². The molecule has 2 heterocycles. The van der Waals surface area contributed by atoms with Crippen LogP contribution in [-0.4, -0.2) is 28.8 Å². The van der Waals surface area contributed by atoms with E-state index in [1.54, 1.807) is 6.07 Å². The van der Waals surface area contributed by atoms with E-state index in [2.05, 4.69) is 26.3 Å². The molecule has 1 aromatic heterocycles. The maximum Gasteiger partial charge on any atom is 0.282 e. The first kappa shape index (κ1) is 14.5. The molecule has 1 aliphatic heterocycles. The molecule has 1 saturated heterocycles. The molecule has 0 spiro atoms. The zero-order chi connectivity index (χ0) is 15.0. The molecule has 21 heavy (non-hydrogen) atoms. The second kappa shape index (κ2) is 5.38. The summed E-state index contributed by atoms with van der Waals surface area (Å²) in [6, 6.07) is 8.14. The number of nitrogen functional groups attached to an aromatic ring is 1. The Hall–Kier alpha value is -1.47. The Bertz CT molecular complexity index is 639. The van der Waals surface area contributed by atoms with Gasteiger partial charge in [0, 0.05) is 16.1 Å². The predicted octanol–water partition coefficient (Wildman–Crippen LogP) is 3.06. The lowest BCUT2D eigenvalue weighted by Crippen LogP contribution is -2.47. The number of nitrogens with one attached hydrogen (secondary N) is 1. The number of alkyl halides is 2. The Kier molecular flexibility index (Phi) is 3.71. The minimum Gasteiger partial charge on any atom is -0.384 e. The zero-order valence-corrected chi connectivity index (χ0v) is 12.8. The van der Waals surface area contributed by atoms with Crippen LogP contribution in [0.4, 0.5) is 14.6 Å². The number of hydrogen-bond donors (Lipinski definition) is 2. The molecule has 2 aromatic rings. The first-order chi connectivity index (χ1) is 9.97. The highest BCUT2D eigenvalue weighted by molar-refractivity contribution is 9.10. The summed E-state index contributed by atoms with van der Waals surface area (Å²) in [6.07, 6.45) is 0.304. The summed E-state index contributed by atoms with van der Waals surface area (Å²) in [6.45, 7) is 0.192. The van der Waals surface area contributed by atoms with Gasteiger partial charge >= 0.3 is 0 Å². The fourth-order valence-electron chi connectivity index (χ4n) is 2.54. The third-order valence-corrected chi connectivity index (χ3v) is 4.17. The minimum atomic E-state index is -2.85. The van der Waals surface area contributed by atoms with Gasteiger partial charge in [-0.15, -0.1) is 0 Å². The summed E-state index contributed by atoms with van der Waals surface area (Å²) in [5, 5.41) is 7.00. The van der Waals surface area contributed by atoms with E-state index in [0.717, 1.165) is 10.0 Å². The standard InChI is InChI=1S/C14H15BrF2N4/c15-10-3-1-9(2-4-10)11-7-13(18)21(20-11)12-5-6-19-8-14(12,16)17/h1-4,7,12,19H,5-6,8,18H2. The molecule has 0 saturated carbocycles. The highest BCUT2D eigenvalue weighted by atomic mass is 79.9. The molecule has 7 heteroatoms. The quantitative estimate of drug-likeness (QED) is 0.869. The third-order valence-electron chi connectivity index (χ3n) is 3.64. The molecule has 0 aliphatic carbocycles. The van der Waals surface area contributed by atoms with Crippen LogP contribution in [0.5, 0.6) is 0 Å². The van der Waals surface area contributed by atoms with Crippen molar-refractivity contribution < 1.29 is 8.78 Å². The van der Waals surface area contributed by atoms with E-state index < -0.39 is 12.0 Å². The number of hydrogen-bond acceptors (Lipinski definition) is 3. The van der Waals surface area contributed by atoms with Crippen LogP contribution in [-0.2, 0) is 0 Å². The van der Waals surface area contributed by atoms with Crippen LogP contribution in [0.25, 0.3) is 11.3 Å². The van der Waals surface area contributed by atoms with E-state index in [-0.39, 0.29) is 12.4 Å². The number of halogens is 3. The molecule has 0 radical (unpaired) electrons. The van der Waals surface area contributed by atoms with E-state index in [0.29, 0.717) is 18.7 Å². The molecule has 0 bridgehead atoms. The van der Waals surface area contributed by atoms with Gasteiger partial charge < -0.3 is 11.1 Å². The van der Waals surface area contributed by atoms with Gasteiger partial charge in [-0.05, 0) is 25.1 Å². The fraction of sp³-hybridized carbons (Fsp3) is 0.357. The predicted molar refractivity (Wildman–Crippen MR) is 81.2 cm³/mol. The molecule has 0 amide bonds. The Morgan fingerprint density at radius 3 is 2.71 bits per heavy atom. The van der Waals surface area contributed by atoms with Gasteiger partial charge in [0.1, 0.15) is 11.9 Å². The smallest absolute Gasteiger partial charge is 0.282 e. The van der Waals surface area contributed by atoms with Crippen molar-refractivity contribution in [3.05, 3.63) is 34.8 Å². The summed E-state index contributed by atoms with van der Waals surface area (Å²) in [5.74, 6) is -2.59. The number of rotatable bonds is 2. The van der Waals surface area contributed by atoms with Gasteiger partial charge in [-0.1, -0.05) is 28.1 Å². The second-order valence-electron chi connectivity index (χ2n) is 5.15. The lowest BCUT2D eigenvalue weighted by Gasteiger charge is -2.32. The van der Waals surface area contributed by atoms with Gasteiger partial charge in [0.25, 0.3) is 5.92 Å². The highest BCUT2D eigenvalue weighted by Gasteiger charge is 2.44. The Balaban J connectivity index is 1.96. The first-order valence-corrected chi connectivity index (χ1v) is 7.46. The van der Waals surface area contributed by atoms with Gasteiger partial charge in [-0.25, -0.2) is 13.5 Å². The van der Waals surface area contributed by atoms with Crippen LogP contribution >= 0.6 is 15.9 Å². The Morgan fingerprint density at radius 2 is 2.05 bits per heavy atom. The van der Waals surface area contributed by atoms with Crippen molar-refractivity contribution >= 4 is 21.7 Å². The van der Waals surface area contributed by atoms with E-state index in [4.69, 9.17) is 5.73 Å². The summed E-state index contributed by atoms with van der Waals surface area (Å²) in [7, 11) is 0. The van der Waals surface area contributed by atoms with Crippen LogP contribution in [0.2, 0.25) is 0 Å². The highest BCUT2D eigenvalue weighted by Crippen LogP contribution is 2.36. The van der Waals surface area contributed by atoms with Crippen molar-refractivity contribution in [1.82, 2.24) is 15.1 Å². The summed E-state index contributed by atoms with van der Waals surface area (Å²) in [4.78, 5) is 0. The Morgan fingerprint density at radius 1 is 1.33 bits per heavy atom. The lowest BCUT2D eigenvalue weighted by molar-refractivity contribution is -0.0689. The van der Waals surface area contributed by atoms with Gasteiger partial charge in [-0.3, -0.25) is 0 Å². The van der Waals surface area contributed by atoms with Crippen LogP contribution in [0.1, 0.15) is 12.5 Å². The zero-order valence-electron chi connectivity index (χ0n) is 11.2. The molecule has 1 aliphatic rings. The molecular formula is C14H15BrF2N4. The van der Waals surface area contributed by atoms with E-state index in [9.17, 15) is 8.78 Å². The van der Waals surface area contributed by atoms with E-state index in [1.165, 1.54) is 4.68 Å². The van der Waals surface area contributed by atoms with Crippen molar-refractivity contribution in [2.24, 2.45) is 0 Å². The average molecular weight is 357 g/mol. The van der Waals surface area contributed by atoms with E-state index in [1.807, 2.05) is 24.3 Å². The SMILES string of the molecule is Nc1cc(-c2ccc(Br)cc2)nn1C1CCNCC1(F)F. The lowest BCUT2D eigenvalue weighted by atomic mass is 10.0. The summed E-state index contributed by atoms with van der Waals surface area (Å²) in [5.41, 5.74) is 7.35. The van der Waals surface area contributed by atoms with E-state index >= 15 is 0 Å².